The first-order chi connectivity index (χ1) is 8.40. The lowest BCUT2D eigenvalue weighted by Crippen LogP contribution is -2.37. The zero-order chi connectivity index (χ0) is 11.9. The molecule has 4 nitrogen and oxygen atoms in total. The fraction of sp³-hybridized carbons (Fsp3) is 0.692. The van der Waals surface area contributed by atoms with E-state index in [2.05, 4.69) is 6.08 Å². The molecule has 1 unspecified atom stereocenters. The highest BCUT2D eigenvalue weighted by atomic mass is 16.7. The lowest BCUT2D eigenvalue weighted by atomic mass is 10.1. The van der Waals surface area contributed by atoms with Crippen LogP contribution < -0.4 is 0 Å². The van der Waals surface area contributed by atoms with Crippen LogP contribution in [0.2, 0.25) is 0 Å². The van der Waals surface area contributed by atoms with Crippen LogP contribution in [0.25, 0.3) is 0 Å². The minimum absolute atomic E-state index is 0.0525. The summed E-state index contributed by atoms with van der Waals surface area (Å²) in [6.45, 7) is 4.50. The Morgan fingerprint density at radius 3 is 3.06 bits per heavy atom. The Balaban J connectivity index is 1.76. The molecule has 0 amide bonds. The average Bonchev–Trinajstić information content (AvgIpc) is 2.59. The first-order valence-electron chi connectivity index (χ1n) is 6.20. The van der Waals surface area contributed by atoms with Gasteiger partial charge in [-0.3, -0.25) is 0 Å². The van der Waals surface area contributed by atoms with Crippen LogP contribution in [0.4, 0.5) is 0 Å². The molecule has 0 aromatic rings. The predicted octanol–water partition coefficient (Wildman–Crippen LogP) is 1.67. The second-order valence-corrected chi connectivity index (χ2v) is 4.00. The molecule has 2 aliphatic heterocycles. The molecule has 17 heavy (non-hydrogen) atoms. The Morgan fingerprint density at radius 1 is 1.24 bits per heavy atom. The van der Waals surface area contributed by atoms with Crippen molar-refractivity contribution in [1.82, 2.24) is 0 Å². The van der Waals surface area contributed by atoms with Gasteiger partial charge >= 0.3 is 0 Å². The summed E-state index contributed by atoms with van der Waals surface area (Å²) in [5.74, 6) is 0. The fourth-order valence-electron chi connectivity index (χ4n) is 1.90. The molecule has 0 saturated carbocycles. The molecule has 4 heteroatoms. The van der Waals surface area contributed by atoms with Gasteiger partial charge in [-0.25, -0.2) is 0 Å². The molecule has 2 rings (SSSR count). The highest BCUT2D eigenvalue weighted by molar-refractivity contribution is 5.04. The molecular formula is C13H20O4. The molecule has 0 spiro atoms. The van der Waals surface area contributed by atoms with Crippen molar-refractivity contribution in [3.05, 3.63) is 24.3 Å². The van der Waals surface area contributed by atoms with Crippen LogP contribution in [0.3, 0.4) is 0 Å². The zero-order valence-corrected chi connectivity index (χ0v) is 10.2. The summed E-state index contributed by atoms with van der Waals surface area (Å²) >= 11 is 0. The smallest absolute Gasteiger partial charge is 0.177 e. The van der Waals surface area contributed by atoms with E-state index in [1.807, 2.05) is 25.2 Å². The topological polar surface area (TPSA) is 36.9 Å². The Bertz CT molecular complexity index is 275. The van der Waals surface area contributed by atoms with Crippen molar-refractivity contribution in [3.8, 4) is 0 Å². The number of rotatable bonds is 5. The quantitative estimate of drug-likeness (QED) is 0.541. The largest absolute Gasteiger partial charge is 0.379 e. The van der Waals surface area contributed by atoms with Crippen molar-refractivity contribution >= 4 is 0 Å². The van der Waals surface area contributed by atoms with Gasteiger partial charge in [0.2, 0.25) is 0 Å². The van der Waals surface area contributed by atoms with E-state index in [9.17, 15) is 0 Å². The third kappa shape index (κ3) is 3.92. The highest BCUT2D eigenvalue weighted by Crippen LogP contribution is 2.21. The normalized spacial score (nSPS) is 32.2. The Kier molecular flexibility index (Phi) is 5.19. The number of fused-ring (bicyclic) bond motifs is 1. The fourth-order valence-corrected chi connectivity index (χ4v) is 1.90. The predicted molar refractivity (Wildman–Crippen MR) is 63.7 cm³/mol. The van der Waals surface area contributed by atoms with Crippen LogP contribution >= 0.6 is 0 Å². The van der Waals surface area contributed by atoms with E-state index >= 15 is 0 Å². The van der Waals surface area contributed by atoms with Gasteiger partial charge in [0, 0.05) is 6.61 Å². The molecule has 2 aliphatic rings. The van der Waals surface area contributed by atoms with E-state index < -0.39 is 0 Å². The van der Waals surface area contributed by atoms with Crippen LogP contribution in [0.15, 0.2) is 24.3 Å². The summed E-state index contributed by atoms with van der Waals surface area (Å²) in [7, 11) is 0. The average molecular weight is 240 g/mol. The summed E-state index contributed by atoms with van der Waals surface area (Å²) in [6.07, 6.45) is 8.80. The summed E-state index contributed by atoms with van der Waals surface area (Å²) in [5.41, 5.74) is 0. The lowest BCUT2D eigenvalue weighted by Gasteiger charge is -2.30. The summed E-state index contributed by atoms with van der Waals surface area (Å²) < 4.78 is 22.2. The summed E-state index contributed by atoms with van der Waals surface area (Å²) in [5, 5.41) is 0. The van der Waals surface area contributed by atoms with Gasteiger partial charge in [0.05, 0.1) is 25.9 Å². The highest BCUT2D eigenvalue weighted by Gasteiger charge is 2.28. The van der Waals surface area contributed by atoms with Gasteiger partial charge in [0.25, 0.3) is 0 Å². The molecular weight excluding hydrogens is 220 g/mol. The minimum atomic E-state index is -0.271. The first kappa shape index (κ1) is 12.8. The SMILES string of the molecule is CCOCCOC1C=C[C@@H]2OCC=CC[C@H]2O1. The number of hydrogen-bond acceptors (Lipinski definition) is 4. The molecule has 0 fully saturated rings. The Morgan fingerprint density at radius 2 is 2.18 bits per heavy atom. The molecule has 0 aromatic carbocycles. The Hall–Kier alpha value is -0.680. The van der Waals surface area contributed by atoms with Crippen molar-refractivity contribution in [3.63, 3.8) is 0 Å². The number of hydrogen-bond donors (Lipinski definition) is 0. The van der Waals surface area contributed by atoms with Crippen LogP contribution in [0, 0.1) is 0 Å². The van der Waals surface area contributed by atoms with Gasteiger partial charge < -0.3 is 18.9 Å². The second kappa shape index (κ2) is 6.91. The van der Waals surface area contributed by atoms with E-state index in [-0.39, 0.29) is 18.5 Å². The van der Waals surface area contributed by atoms with Crippen LogP contribution in [0.1, 0.15) is 13.3 Å². The minimum Gasteiger partial charge on any atom is -0.379 e. The van der Waals surface area contributed by atoms with Crippen molar-refractivity contribution < 1.29 is 18.9 Å². The second-order valence-electron chi connectivity index (χ2n) is 4.00. The van der Waals surface area contributed by atoms with Gasteiger partial charge in [0.1, 0.15) is 6.10 Å². The van der Waals surface area contributed by atoms with Gasteiger partial charge in [-0.2, -0.15) is 0 Å². The maximum atomic E-state index is 5.81. The molecule has 96 valence electrons. The Labute approximate surface area is 102 Å². The van der Waals surface area contributed by atoms with Gasteiger partial charge in [-0.05, 0) is 19.4 Å². The molecule has 0 aliphatic carbocycles. The number of ether oxygens (including phenoxy) is 4. The van der Waals surface area contributed by atoms with E-state index in [0.717, 1.165) is 6.42 Å². The van der Waals surface area contributed by atoms with Crippen molar-refractivity contribution in [2.45, 2.75) is 31.8 Å². The zero-order valence-electron chi connectivity index (χ0n) is 10.2. The van der Waals surface area contributed by atoms with E-state index in [1.165, 1.54) is 0 Å². The summed E-state index contributed by atoms with van der Waals surface area (Å²) in [6, 6.07) is 0. The molecule has 3 atom stereocenters. The van der Waals surface area contributed by atoms with Crippen molar-refractivity contribution in [2.24, 2.45) is 0 Å². The van der Waals surface area contributed by atoms with Crippen LogP contribution in [-0.4, -0.2) is 44.9 Å². The third-order valence-corrected chi connectivity index (χ3v) is 2.77. The maximum Gasteiger partial charge on any atom is 0.177 e. The van der Waals surface area contributed by atoms with Crippen molar-refractivity contribution in [2.75, 3.05) is 26.4 Å². The molecule has 0 N–H and O–H groups in total. The van der Waals surface area contributed by atoms with Crippen LogP contribution in [0.5, 0.6) is 0 Å². The maximum absolute atomic E-state index is 5.81. The molecule has 0 radical (unpaired) electrons. The van der Waals surface area contributed by atoms with Gasteiger partial charge in [0.15, 0.2) is 6.29 Å². The van der Waals surface area contributed by atoms with Gasteiger partial charge in [-0.15, -0.1) is 0 Å². The van der Waals surface area contributed by atoms with Crippen molar-refractivity contribution in [1.29, 1.82) is 0 Å². The van der Waals surface area contributed by atoms with E-state index in [0.29, 0.717) is 26.4 Å². The first-order valence-corrected chi connectivity index (χ1v) is 6.20. The standard InChI is InChI=1S/C13H20O4/c1-2-14-9-10-16-13-7-6-11-12(17-13)5-3-4-8-15-11/h3-4,6-7,11-13H,2,5,8-10H2,1H3/t11-,12+,13?/m0/s1. The summed E-state index contributed by atoms with van der Waals surface area (Å²) in [4.78, 5) is 0. The van der Waals surface area contributed by atoms with Gasteiger partial charge in [-0.1, -0.05) is 18.2 Å². The molecule has 0 bridgehead atoms. The third-order valence-electron chi connectivity index (χ3n) is 2.77. The van der Waals surface area contributed by atoms with E-state index in [1.54, 1.807) is 0 Å². The molecule has 2 heterocycles. The monoisotopic (exact) mass is 240 g/mol. The van der Waals surface area contributed by atoms with E-state index in [4.69, 9.17) is 18.9 Å². The lowest BCUT2D eigenvalue weighted by molar-refractivity contribution is -0.178. The molecule has 0 saturated heterocycles. The van der Waals surface area contributed by atoms with Crippen LogP contribution in [-0.2, 0) is 18.9 Å². The molecule has 0 aromatic heterocycles.